The molecule has 2 aromatic heterocycles. The van der Waals surface area contributed by atoms with Gasteiger partial charge in [0.25, 0.3) is 0 Å². The Bertz CT molecular complexity index is 983. The summed E-state index contributed by atoms with van der Waals surface area (Å²) in [5, 5.41) is 13.0. The summed E-state index contributed by atoms with van der Waals surface area (Å²) in [5.41, 5.74) is 0.682. The third-order valence-corrected chi connectivity index (χ3v) is 3.84. The third-order valence-electron chi connectivity index (χ3n) is 3.84. The summed E-state index contributed by atoms with van der Waals surface area (Å²) in [5.74, 6) is 0. The molecule has 0 aliphatic heterocycles. The molecule has 0 saturated carbocycles. The maximum atomic E-state index is 12.9. The van der Waals surface area contributed by atoms with Crippen LogP contribution < -0.4 is 10.9 Å². The number of aliphatic hydroxyl groups excluding tert-OH is 1. The molecular formula is C18H16F3N3O2. The van der Waals surface area contributed by atoms with Gasteiger partial charge in [0.1, 0.15) is 5.65 Å². The molecule has 0 bridgehead atoms. The highest BCUT2D eigenvalue weighted by Crippen LogP contribution is 2.30. The van der Waals surface area contributed by atoms with Crippen LogP contribution in [0.3, 0.4) is 0 Å². The fraction of sp³-hybridized carbons (Fsp3) is 0.222. The minimum atomic E-state index is -4.47. The average Bonchev–Trinajstić information content (AvgIpc) is 2.60. The first kappa shape index (κ1) is 18.1. The Morgan fingerprint density at radius 2 is 1.77 bits per heavy atom. The van der Waals surface area contributed by atoms with Gasteiger partial charge in [0, 0.05) is 24.5 Å². The molecule has 0 atom stereocenters. The first-order valence-electron chi connectivity index (χ1n) is 7.86. The number of aromatic amines is 1. The summed E-state index contributed by atoms with van der Waals surface area (Å²) in [6, 6.07) is 10.2. The van der Waals surface area contributed by atoms with Crippen molar-refractivity contribution in [1.29, 1.82) is 0 Å². The molecule has 0 amide bonds. The van der Waals surface area contributed by atoms with Crippen LogP contribution in [-0.4, -0.2) is 15.1 Å². The van der Waals surface area contributed by atoms with Crippen molar-refractivity contribution in [2.24, 2.45) is 0 Å². The van der Waals surface area contributed by atoms with Crippen molar-refractivity contribution in [3.63, 3.8) is 0 Å². The number of benzene rings is 1. The fourth-order valence-electron chi connectivity index (χ4n) is 2.62. The Labute approximate surface area is 146 Å². The highest BCUT2D eigenvalue weighted by Gasteiger charge is 2.31. The van der Waals surface area contributed by atoms with Crippen molar-refractivity contribution in [3.05, 3.63) is 75.2 Å². The zero-order chi connectivity index (χ0) is 18.7. The number of alkyl halides is 3. The van der Waals surface area contributed by atoms with Gasteiger partial charge in [0.2, 0.25) is 5.56 Å². The summed E-state index contributed by atoms with van der Waals surface area (Å²) in [4.78, 5) is 18.3. The quantitative estimate of drug-likeness (QED) is 0.651. The molecule has 0 unspecified atom stereocenters. The van der Waals surface area contributed by atoms with Gasteiger partial charge >= 0.3 is 6.18 Å². The molecular weight excluding hydrogens is 347 g/mol. The van der Waals surface area contributed by atoms with Crippen LogP contribution in [0, 0.1) is 0 Å². The number of pyridine rings is 2. The van der Waals surface area contributed by atoms with Gasteiger partial charge in [-0.15, -0.1) is 0 Å². The van der Waals surface area contributed by atoms with E-state index in [1.54, 1.807) is 12.1 Å². The van der Waals surface area contributed by atoms with Crippen molar-refractivity contribution in [1.82, 2.24) is 15.3 Å². The van der Waals surface area contributed by atoms with Gasteiger partial charge in [-0.25, -0.2) is 4.98 Å². The molecule has 0 fully saturated rings. The normalized spacial score (nSPS) is 11.8. The van der Waals surface area contributed by atoms with Crippen LogP contribution in [-0.2, 0) is 25.9 Å². The molecule has 5 nitrogen and oxygen atoms in total. The molecule has 8 heteroatoms. The van der Waals surface area contributed by atoms with Crippen molar-refractivity contribution >= 4 is 11.0 Å². The van der Waals surface area contributed by atoms with Crippen LogP contribution in [0.2, 0.25) is 0 Å². The predicted octanol–water partition coefficient (Wildman–Crippen LogP) is 2.72. The minimum Gasteiger partial charge on any atom is -0.392 e. The molecule has 0 spiro atoms. The highest BCUT2D eigenvalue weighted by molar-refractivity contribution is 5.74. The molecule has 26 heavy (non-hydrogen) atoms. The first-order valence-corrected chi connectivity index (χ1v) is 7.86. The molecule has 3 aromatic rings. The number of hydrogen-bond donors (Lipinski definition) is 3. The Morgan fingerprint density at radius 3 is 2.50 bits per heavy atom. The number of hydrogen-bond acceptors (Lipinski definition) is 4. The van der Waals surface area contributed by atoms with Gasteiger partial charge in [-0.1, -0.05) is 6.07 Å². The van der Waals surface area contributed by atoms with Gasteiger partial charge in [-0.2, -0.15) is 13.2 Å². The van der Waals surface area contributed by atoms with E-state index >= 15 is 0 Å². The zero-order valence-corrected chi connectivity index (χ0v) is 13.6. The number of H-pyrrole nitrogens is 1. The largest absolute Gasteiger partial charge is 0.416 e. The third kappa shape index (κ3) is 4.27. The summed E-state index contributed by atoms with van der Waals surface area (Å²) in [6.45, 7) is 0.0377. The second kappa shape index (κ2) is 7.27. The first-order chi connectivity index (χ1) is 12.3. The molecule has 0 aliphatic carbocycles. The number of aromatic nitrogens is 2. The summed E-state index contributed by atoms with van der Waals surface area (Å²) >= 11 is 0. The van der Waals surface area contributed by atoms with Crippen molar-refractivity contribution in [3.8, 4) is 0 Å². The standard InChI is InChI=1S/C18H16F3N3O2/c19-18(20,21)14-6-11(5-12(7-14)10-25)8-22-9-15-3-1-13-2-4-16(26)24-17(13)23-15/h1-7,22,25H,8-10H2,(H,23,24,26). The van der Waals surface area contributed by atoms with Crippen LogP contribution in [0.1, 0.15) is 22.4 Å². The SMILES string of the molecule is O=c1ccc2ccc(CNCc3cc(CO)cc(C(F)(F)F)c3)nc2[nH]1. The lowest BCUT2D eigenvalue weighted by atomic mass is 10.1. The van der Waals surface area contributed by atoms with Gasteiger partial charge in [-0.05, 0) is 41.5 Å². The van der Waals surface area contributed by atoms with Gasteiger partial charge < -0.3 is 15.4 Å². The topological polar surface area (TPSA) is 78.0 Å². The molecule has 0 aliphatic rings. The van der Waals surface area contributed by atoms with Crippen molar-refractivity contribution < 1.29 is 18.3 Å². The predicted molar refractivity (Wildman–Crippen MR) is 90.3 cm³/mol. The number of fused-ring (bicyclic) bond motifs is 1. The lowest BCUT2D eigenvalue weighted by Crippen LogP contribution is -2.15. The van der Waals surface area contributed by atoms with Crippen LogP contribution in [0.15, 0.2) is 47.3 Å². The maximum Gasteiger partial charge on any atom is 0.416 e. The molecule has 3 N–H and O–H groups in total. The monoisotopic (exact) mass is 363 g/mol. The molecule has 2 heterocycles. The Morgan fingerprint density at radius 1 is 1.04 bits per heavy atom. The number of rotatable bonds is 5. The molecule has 136 valence electrons. The van der Waals surface area contributed by atoms with E-state index in [2.05, 4.69) is 15.3 Å². The molecule has 1 aromatic carbocycles. The van der Waals surface area contributed by atoms with E-state index in [0.717, 1.165) is 17.5 Å². The minimum absolute atomic E-state index is 0.182. The number of halogens is 3. The van der Waals surface area contributed by atoms with E-state index in [9.17, 15) is 18.0 Å². The van der Waals surface area contributed by atoms with Crippen LogP contribution >= 0.6 is 0 Å². The maximum absolute atomic E-state index is 12.9. The summed E-state index contributed by atoms with van der Waals surface area (Å²) in [6.07, 6.45) is -4.47. The van der Waals surface area contributed by atoms with Gasteiger partial charge in [0.15, 0.2) is 0 Å². The van der Waals surface area contributed by atoms with E-state index in [-0.39, 0.29) is 17.7 Å². The smallest absolute Gasteiger partial charge is 0.392 e. The number of nitrogens with zero attached hydrogens (tertiary/aromatic N) is 1. The molecule has 0 saturated heterocycles. The Kier molecular flexibility index (Phi) is 5.06. The van der Waals surface area contributed by atoms with Crippen LogP contribution in [0.25, 0.3) is 11.0 Å². The number of aliphatic hydroxyl groups is 1. The summed E-state index contributed by atoms with van der Waals surface area (Å²) < 4.78 is 38.7. The second-order valence-corrected chi connectivity index (χ2v) is 5.86. The van der Waals surface area contributed by atoms with E-state index in [4.69, 9.17) is 5.11 Å². The average molecular weight is 363 g/mol. The second-order valence-electron chi connectivity index (χ2n) is 5.86. The lowest BCUT2D eigenvalue weighted by molar-refractivity contribution is -0.137. The number of nitrogens with one attached hydrogen (secondary N) is 2. The van der Waals surface area contributed by atoms with Crippen LogP contribution in [0.5, 0.6) is 0 Å². The summed E-state index contributed by atoms with van der Waals surface area (Å²) in [7, 11) is 0. The van der Waals surface area contributed by atoms with Crippen LogP contribution in [0.4, 0.5) is 13.2 Å². The van der Waals surface area contributed by atoms with E-state index in [1.165, 1.54) is 12.1 Å². The lowest BCUT2D eigenvalue weighted by Gasteiger charge is -2.12. The van der Waals surface area contributed by atoms with Gasteiger partial charge in [-0.3, -0.25) is 4.79 Å². The molecule has 0 radical (unpaired) electrons. The highest BCUT2D eigenvalue weighted by atomic mass is 19.4. The van der Waals surface area contributed by atoms with Gasteiger partial charge in [0.05, 0.1) is 17.9 Å². The van der Waals surface area contributed by atoms with E-state index < -0.39 is 18.3 Å². The van der Waals surface area contributed by atoms with E-state index in [1.807, 2.05) is 6.07 Å². The fourth-order valence-corrected chi connectivity index (χ4v) is 2.62. The van der Waals surface area contributed by atoms with E-state index in [0.29, 0.717) is 23.4 Å². The Hall–Kier alpha value is -2.71. The Balaban J connectivity index is 1.72. The zero-order valence-electron chi connectivity index (χ0n) is 13.6. The molecule has 3 rings (SSSR count). The van der Waals surface area contributed by atoms with Crippen molar-refractivity contribution in [2.75, 3.05) is 0 Å². The van der Waals surface area contributed by atoms with Crippen molar-refractivity contribution in [2.45, 2.75) is 25.9 Å².